The molecule has 1 amide bonds. The molecule has 2 atom stereocenters. The second kappa shape index (κ2) is 10.8. The van der Waals surface area contributed by atoms with E-state index in [4.69, 9.17) is 0 Å². The number of hydrogen-bond acceptors (Lipinski definition) is 5. The van der Waals surface area contributed by atoms with Gasteiger partial charge in [0.25, 0.3) is 5.56 Å². The zero-order chi connectivity index (χ0) is 25.0. The van der Waals surface area contributed by atoms with Crippen molar-refractivity contribution in [2.75, 3.05) is 0 Å². The van der Waals surface area contributed by atoms with Gasteiger partial charge in [-0.05, 0) is 72.9 Å². The van der Waals surface area contributed by atoms with Gasteiger partial charge < -0.3 is 15.0 Å². The molecule has 0 aliphatic rings. The highest BCUT2D eigenvalue weighted by molar-refractivity contribution is 7.13. The molecule has 2 N–H and O–H groups in total. The first-order valence-electron chi connectivity index (χ1n) is 11.3. The topological polar surface area (TPSA) is 101 Å². The Morgan fingerprint density at radius 3 is 2.41 bits per heavy atom. The molecule has 0 saturated heterocycles. The molecule has 3 aromatic rings. The Morgan fingerprint density at radius 2 is 1.82 bits per heavy atom. The Morgan fingerprint density at radius 1 is 1.15 bits per heavy atom. The van der Waals surface area contributed by atoms with Crippen LogP contribution in [0.1, 0.15) is 61.0 Å². The average molecular weight is 482 g/mol. The van der Waals surface area contributed by atoms with E-state index in [0.717, 1.165) is 32.7 Å². The van der Waals surface area contributed by atoms with Gasteiger partial charge in [-0.2, -0.15) is 0 Å². The van der Waals surface area contributed by atoms with Crippen LogP contribution in [0.25, 0.3) is 10.4 Å². The second-order valence-corrected chi connectivity index (χ2v) is 10.1. The summed E-state index contributed by atoms with van der Waals surface area (Å²) in [5, 5.41) is 14.3. The number of aliphatic carboxylic acids is 1. The van der Waals surface area contributed by atoms with Gasteiger partial charge in [-0.25, -0.2) is 0 Å². The zero-order valence-electron chi connectivity index (χ0n) is 20.2. The van der Waals surface area contributed by atoms with E-state index in [9.17, 15) is 19.5 Å². The molecule has 0 saturated carbocycles. The van der Waals surface area contributed by atoms with Gasteiger partial charge in [0.2, 0.25) is 5.91 Å². The van der Waals surface area contributed by atoms with Gasteiger partial charge in [0.15, 0.2) is 0 Å². The number of carbonyl (C=O) groups is 2. The number of pyridine rings is 2. The lowest BCUT2D eigenvalue weighted by Crippen LogP contribution is -2.40. The summed E-state index contributed by atoms with van der Waals surface area (Å²) in [6, 6.07) is 3.78. The largest absolute Gasteiger partial charge is 0.481 e. The average Bonchev–Trinajstić information content (AvgIpc) is 3.21. The number of rotatable bonds is 9. The lowest BCUT2D eigenvalue weighted by Gasteiger charge is -2.24. The smallest absolute Gasteiger partial charge is 0.305 e. The van der Waals surface area contributed by atoms with Crippen LogP contribution in [0, 0.1) is 26.7 Å². The number of carbonyl (C=O) groups excluding carboxylic acids is 1. The molecular formula is C26H31N3O4S. The number of carboxylic acid groups (broad SMARTS) is 1. The van der Waals surface area contributed by atoms with Gasteiger partial charge in [0, 0.05) is 35.1 Å². The molecule has 8 heteroatoms. The van der Waals surface area contributed by atoms with Crippen molar-refractivity contribution < 1.29 is 14.7 Å². The summed E-state index contributed by atoms with van der Waals surface area (Å²) in [5.74, 6) is -1.22. The third kappa shape index (κ3) is 5.99. The Kier molecular flexibility index (Phi) is 8.04. The van der Waals surface area contributed by atoms with Gasteiger partial charge in [0.1, 0.15) is 6.04 Å². The van der Waals surface area contributed by atoms with Crippen molar-refractivity contribution in [3.8, 4) is 10.4 Å². The summed E-state index contributed by atoms with van der Waals surface area (Å²) in [7, 11) is 0. The van der Waals surface area contributed by atoms with Crippen molar-refractivity contribution in [1.82, 2.24) is 14.9 Å². The van der Waals surface area contributed by atoms with Crippen LogP contribution in [-0.4, -0.2) is 26.5 Å². The predicted molar refractivity (Wildman–Crippen MR) is 134 cm³/mol. The molecule has 0 radical (unpaired) electrons. The highest BCUT2D eigenvalue weighted by Gasteiger charge is 2.27. The first-order valence-corrected chi connectivity index (χ1v) is 12.2. The molecule has 0 aromatic carbocycles. The van der Waals surface area contributed by atoms with Crippen molar-refractivity contribution in [2.24, 2.45) is 5.92 Å². The normalized spacial score (nSPS) is 13.0. The minimum Gasteiger partial charge on any atom is -0.481 e. The monoisotopic (exact) mass is 481 g/mol. The SMILES string of the molecule is Cc1ccn([C@H](CC(C)C)C(=O)N[C@H](CC(=O)O)c2csc(-c3c(C)cncc3C)c2)c(=O)c1. The summed E-state index contributed by atoms with van der Waals surface area (Å²) in [6.45, 7) is 9.77. The summed E-state index contributed by atoms with van der Waals surface area (Å²) < 4.78 is 1.43. The van der Waals surface area contributed by atoms with Crippen LogP contribution in [0.4, 0.5) is 0 Å². The Balaban J connectivity index is 1.94. The van der Waals surface area contributed by atoms with Crippen molar-refractivity contribution in [3.05, 3.63) is 74.8 Å². The number of nitrogens with zero attached hydrogens (tertiary/aromatic N) is 2. The first kappa shape index (κ1) is 25.4. The van der Waals surface area contributed by atoms with Crippen LogP contribution >= 0.6 is 11.3 Å². The first-order chi connectivity index (χ1) is 16.1. The van der Waals surface area contributed by atoms with Crippen LogP contribution in [0.5, 0.6) is 0 Å². The van der Waals surface area contributed by atoms with E-state index in [0.29, 0.717) is 6.42 Å². The van der Waals surface area contributed by atoms with Crippen molar-refractivity contribution in [2.45, 2.75) is 59.5 Å². The molecule has 3 heterocycles. The van der Waals surface area contributed by atoms with Gasteiger partial charge >= 0.3 is 5.97 Å². The lowest BCUT2D eigenvalue weighted by molar-refractivity contribution is -0.138. The molecule has 0 unspecified atom stereocenters. The third-order valence-electron chi connectivity index (χ3n) is 5.73. The molecular weight excluding hydrogens is 450 g/mol. The molecule has 34 heavy (non-hydrogen) atoms. The summed E-state index contributed by atoms with van der Waals surface area (Å²) in [4.78, 5) is 42.9. The van der Waals surface area contributed by atoms with E-state index in [2.05, 4.69) is 10.3 Å². The summed E-state index contributed by atoms with van der Waals surface area (Å²) in [5.41, 5.74) is 4.42. The molecule has 0 aliphatic carbocycles. The number of carboxylic acids is 1. The second-order valence-electron chi connectivity index (χ2n) is 9.15. The van der Waals surface area contributed by atoms with Gasteiger partial charge in [-0.15, -0.1) is 11.3 Å². The molecule has 180 valence electrons. The fraction of sp³-hybridized carbons (Fsp3) is 0.385. The summed E-state index contributed by atoms with van der Waals surface area (Å²) in [6.07, 6.45) is 5.43. The fourth-order valence-electron chi connectivity index (χ4n) is 4.09. The number of hydrogen-bond donors (Lipinski definition) is 2. The summed E-state index contributed by atoms with van der Waals surface area (Å²) >= 11 is 1.51. The standard InChI is InChI=1S/C26H31N3O4S/c1-15(2)8-21(29-7-6-16(3)9-23(29)30)26(33)28-20(11-24(31)32)19-10-22(34-14-19)25-17(4)12-27-13-18(25)5/h6-7,9-10,12-15,20-21H,8,11H2,1-5H3,(H,28,33)(H,31,32)/t20-,21-/m1/s1. The van der Waals surface area contributed by atoms with Gasteiger partial charge in [0.05, 0.1) is 12.5 Å². The molecule has 0 spiro atoms. The van der Waals surface area contributed by atoms with Crippen molar-refractivity contribution in [1.29, 1.82) is 0 Å². The van der Waals surface area contributed by atoms with Crippen LogP contribution < -0.4 is 10.9 Å². The highest BCUT2D eigenvalue weighted by Crippen LogP contribution is 2.35. The number of nitrogens with one attached hydrogen (secondary N) is 1. The Labute approximate surface area is 203 Å². The Hall–Kier alpha value is -3.26. The minimum absolute atomic E-state index is 0.160. The van der Waals surface area contributed by atoms with E-state index < -0.39 is 18.1 Å². The quantitative estimate of drug-likeness (QED) is 0.456. The number of thiophene rings is 1. The van der Waals surface area contributed by atoms with E-state index in [1.165, 1.54) is 22.0 Å². The molecule has 3 aromatic heterocycles. The fourth-order valence-corrected chi connectivity index (χ4v) is 5.23. The maximum Gasteiger partial charge on any atom is 0.305 e. The van der Waals surface area contributed by atoms with E-state index in [1.807, 2.05) is 46.1 Å². The van der Waals surface area contributed by atoms with Gasteiger partial charge in [-0.3, -0.25) is 19.4 Å². The molecule has 0 fully saturated rings. The van der Waals surface area contributed by atoms with Crippen LogP contribution in [0.15, 0.2) is 47.0 Å². The molecule has 0 aliphatic heterocycles. The van der Waals surface area contributed by atoms with Crippen LogP contribution in [0.3, 0.4) is 0 Å². The lowest BCUT2D eigenvalue weighted by atomic mass is 9.99. The van der Waals surface area contributed by atoms with Crippen LogP contribution in [-0.2, 0) is 9.59 Å². The van der Waals surface area contributed by atoms with Crippen molar-refractivity contribution >= 4 is 23.2 Å². The number of aromatic nitrogens is 2. The van der Waals surface area contributed by atoms with Crippen molar-refractivity contribution in [3.63, 3.8) is 0 Å². The maximum atomic E-state index is 13.4. The number of aryl methyl sites for hydroxylation is 3. The third-order valence-corrected chi connectivity index (χ3v) is 6.69. The number of amides is 1. The Bertz CT molecular complexity index is 1220. The van der Waals surface area contributed by atoms with E-state index in [-0.39, 0.29) is 23.8 Å². The van der Waals surface area contributed by atoms with Crippen LogP contribution in [0.2, 0.25) is 0 Å². The predicted octanol–water partition coefficient (Wildman–Crippen LogP) is 4.82. The van der Waals surface area contributed by atoms with Gasteiger partial charge in [-0.1, -0.05) is 13.8 Å². The molecule has 3 rings (SSSR count). The maximum absolute atomic E-state index is 13.4. The minimum atomic E-state index is -1.01. The molecule has 7 nitrogen and oxygen atoms in total. The molecule has 0 bridgehead atoms. The van der Waals surface area contributed by atoms with E-state index >= 15 is 0 Å². The zero-order valence-corrected chi connectivity index (χ0v) is 21.0. The highest BCUT2D eigenvalue weighted by atomic mass is 32.1. The van der Waals surface area contributed by atoms with E-state index in [1.54, 1.807) is 24.7 Å².